The molecule has 1 heterocycles. The number of benzene rings is 1. The molecule has 0 aliphatic rings. The summed E-state index contributed by atoms with van der Waals surface area (Å²) in [6, 6.07) is 5.60. The molecule has 88 valence electrons. The molecule has 0 spiro atoms. The molecule has 0 saturated heterocycles. The molecule has 1 aromatic carbocycles. The second kappa shape index (κ2) is 4.85. The second-order valence-corrected chi connectivity index (χ2v) is 3.91. The van der Waals surface area contributed by atoms with Crippen LogP contribution in [0.4, 0.5) is 4.39 Å². The van der Waals surface area contributed by atoms with E-state index in [1.165, 1.54) is 31.4 Å². The summed E-state index contributed by atoms with van der Waals surface area (Å²) in [5.74, 6) is 0.0869. The van der Waals surface area contributed by atoms with Crippen LogP contribution in [0.5, 0.6) is 5.75 Å². The average molecular weight is 273 g/mol. The first-order valence-electron chi connectivity index (χ1n) is 4.64. The van der Waals surface area contributed by atoms with Gasteiger partial charge in [-0.1, -0.05) is 11.6 Å². The molecule has 0 aliphatic carbocycles. The third-order valence-corrected chi connectivity index (χ3v) is 2.47. The van der Waals surface area contributed by atoms with E-state index in [0.717, 1.165) is 0 Å². The minimum atomic E-state index is -0.397. The molecule has 0 atom stereocenters. The Labute approximate surface area is 107 Å². The number of halogens is 3. The number of hydrogen-bond acceptors (Lipinski definition) is 3. The van der Waals surface area contributed by atoms with Gasteiger partial charge in [0.05, 0.1) is 12.8 Å². The van der Waals surface area contributed by atoms with E-state index in [0.29, 0.717) is 17.0 Å². The molecule has 0 saturated carbocycles. The summed E-state index contributed by atoms with van der Waals surface area (Å²) in [4.78, 5) is 7.70. The molecule has 1 aromatic heterocycles. The monoisotopic (exact) mass is 272 g/mol. The van der Waals surface area contributed by atoms with Gasteiger partial charge in [0.25, 0.3) is 0 Å². The summed E-state index contributed by atoms with van der Waals surface area (Å²) < 4.78 is 18.3. The zero-order valence-electron chi connectivity index (χ0n) is 8.75. The van der Waals surface area contributed by atoms with E-state index in [-0.39, 0.29) is 10.4 Å². The summed E-state index contributed by atoms with van der Waals surface area (Å²) in [5.41, 5.74) is 0.880. The summed E-state index contributed by atoms with van der Waals surface area (Å²) >= 11 is 11.5. The maximum atomic E-state index is 13.2. The Bertz CT molecular complexity index is 543. The highest BCUT2D eigenvalue weighted by Crippen LogP contribution is 2.30. The van der Waals surface area contributed by atoms with Gasteiger partial charge >= 0.3 is 0 Å². The molecule has 0 radical (unpaired) electrons. The Kier molecular flexibility index (Phi) is 3.45. The average Bonchev–Trinajstić information content (AvgIpc) is 2.27. The first-order valence-corrected chi connectivity index (χ1v) is 5.40. The van der Waals surface area contributed by atoms with Gasteiger partial charge in [-0.3, -0.25) is 0 Å². The van der Waals surface area contributed by atoms with Crippen molar-refractivity contribution in [2.45, 2.75) is 0 Å². The van der Waals surface area contributed by atoms with Crippen LogP contribution < -0.4 is 4.74 Å². The van der Waals surface area contributed by atoms with Crippen LogP contribution in [0.15, 0.2) is 24.3 Å². The van der Waals surface area contributed by atoms with Crippen molar-refractivity contribution in [1.29, 1.82) is 0 Å². The number of ether oxygens (including phenoxy) is 1. The summed E-state index contributed by atoms with van der Waals surface area (Å²) in [6.45, 7) is 0. The van der Waals surface area contributed by atoms with Crippen molar-refractivity contribution in [1.82, 2.24) is 9.97 Å². The molecular weight excluding hydrogens is 266 g/mol. The maximum absolute atomic E-state index is 13.2. The molecule has 0 N–H and O–H groups in total. The predicted molar refractivity (Wildman–Crippen MR) is 64.0 cm³/mol. The molecule has 17 heavy (non-hydrogen) atoms. The molecule has 0 aliphatic heterocycles. The van der Waals surface area contributed by atoms with Crippen molar-refractivity contribution in [3.05, 3.63) is 40.5 Å². The number of hydrogen-bond donors (Lipinski definition) is 0. The van der Waals surface area contributed by atoms with E-state index in [9.17, 15) is 4.39 Å². The third kappa shape index (κ3) is 2.65. The van der Waals surface area contributed by atoms with Crippen LogP contribution in [0, 0.1) is 5.82 Å². The largest absolute Gasteiger partial charge is 0.496 e. The quantitative estimate of drug-likeness (QED) is 0.619. The van der Waals surface area contributed by atoms with Gasteiger partial charge in [0.1, 0.15) is 16.7 Å². The van der Waals surface area contributed by atoms with Crippen molar-refractivity contribution in [2.75, 3.05) is 7.11 Å². The van der Waals surface area contributed by atoms with E-state index in [1.807, 2.05) is 0 Å². The van der Waals surface area contributed by atoms with Crippen LogP contribution >= 0.6 is 23.2 Å². The molecule has 3 nitrogen and oxygen atoms in total. The SMILES string of the molecule is COc1ccc(F)cc1-c1cc(Cl)nc(Cl)n1. The number of rotatable bonds is 2. The summed E-state index contributed by atoms with van der Waals surface area (Å²) in [7, 11) is 1.49. The maximum Gasteiger partial charge on any atom is 0.224 e. The zero-order chi connectivity index (χ0) is 12.4. The van der Waals surface area contributed by atoms with Gasteiger partial charge in [0.2, 0.25) is 5.28 Å². The topological polar surface area (TPSA) is 35.0 Å². The van der Waals surface area contributed by atoms with Gasteiger partial charge in [0.15, 0.2) is 0 Å². The van der Waals surface area contributed by atoms with Gasteiger partial charge in [-0.05, 0) is 29.8 Å². The third-order valence-electron chi connectivity index (χ3n) is 2.11. The number of methoxy groups -OCH3 is 1. The molecule has 6 heteroatoms. The standard InChI is InChI=1S/C11H7Cl2FN2O/c1-17-9-3-2-6(14)4-7(9)8-5-10(12)16-11(13)15-8/h2-5H,1H3. The smallest absolute Gasteiger partial charge is 0.224 e. The highest BCUT2D eigenvalue weighted by molar-refractivity contribution is 6.32. The Morgan fingerprint density at radius 3 is 2.59 bits per heavy atom. The Morgan fingerprint density at radius 2 is 1.94 bits per heavy atom. The van der Waals surface area contributed by atoms with Crippen molar-refractivity contribution in [2.24, 2.45) is 0 Å². The van der Waals surface area contributed by atoms with E-state index in [1.54, 1.807) is 0 Å². The normalized spacial score (nSPS) is 10.4. The molecule has 0 fully saturated rings. The fraction of sp³-hybridized carbons (Fsp3) is 0.0909. The van der Waals surface area contributed by atoms with Crippen molar-refractivity contribution >= 4 is 23.2 Å². The first-order chi connectivity index (χ1) is 8.10. The van der Waals surface area contributed by atoms with E-state index in [2.05, 4.69) is 9.97 Å². The molecule has 0 bridgehead atoms. The van der Waals surface area contributed by atoms with E-state index in [4.69, 9.17) is 27.9 Å². The highest BCUT2D eigenvalue weighted by Gasteiger charge is 2.11. The molecule has 2 rings (SSSR count). The lowest BCUT2D eigenvalue weighted by atomic mass is 10.1. The summed E-state index contributed by atoms with van der Waals surface area (Å²) in [6.07, 6.45) is 0. The van der Waals surface area contributed by atoms with Crippen molar-refractivity contribution < 1.29 is 9.13 Å². The molecular formula is C11H7Cl2FN2O. The van der Waals surface area contributed by atoms with Crippen LogP contribution in [-0.2, 0) is 0 Å². The van der Waals surface area contributed by atoms with Crippen LogP contribution in [0.1, 0.15) is 0 Å². The van der Waals surface area contributed by atoms with Gasteiger partial charge in [-0.2, -0.15) is 0 Å². The Morgan fingerprint density at radius 1 is 1.18 bits per heavy atom. The fourth-order valence-corrected chi connectivity index (χ4v) is 1.82. The van der Waals surface area contributed by atoms with E-state index < -0.39 is 5.82 Å². The van der Waals surface area contributed by atoms with E-state index >= 15 is 0 Å². The van der Waals surface area contributed by atoms with Crippen molar-refractivity contribution in [3.8, 4) is 17.0 Å². The fourth-order valence-electron chi connectivity index (χ4n) is 1.41. The minimum Gasteiger partial charge on any atom is -0.496 e. The van der Waals surface area contributed by atoms with Crippen LogP contribution in [-0.4, -0.2) is 17.1 Å². The lowest BCUT2D eigenvalue weighted by molar-refractivity contribution is 0.415. The van der Waals surface area contributed by atoms with Crippen LogP contribution in [0.2, 0.25) is 10.4 Å². The van der Waals surface area contributed by atoms with Crippen LogP contribution in [0.25, 0.3) is 11.3 Å². The second-order valence-electron chi connectivity index (χ2n) is 3.19. The Balaban J connectivity index is 2.62. The van der Waals surface area contributed by atoms with Crippen LogP contribution in [0.3, 0.4) is 0 Å². The van der Waals surface area contributed by atoms with Crippen molar-refractivity contribution in [3.63, 3.8) is 0 Å². The van der Waals surface area contributed by atoms with Gasteiger partial charge in [0, 0.05) is 11.6 Å². The van der Waals surface area contributed by atoms with Gasteiger partial charge < -0.3 is 4.74 Å². The molecule has 0 amide bonds. The Hall–Kier alpha value is -1.39. The lowest BCUT2D eigenvalue weighted by Gasteiger charge is -2.08. The number of nitrogens with zero attached hydrogens (tertiary/aromatic N) is 2. The number of aromatic nitrogens is 2. The lowest BCUT2D eigenvalue weighted by Crippen LogP contribution is -1.93. The first kappa shape index (κ1) is 12.1. The molecule has 0 unspecified atom stereocenters. The van der Waals surface area contributed by atoms with Gasteiger partial charge in [-0.15, -0.1) is 0 Å². The molecule has 2 aromatic rings. The predicted octanol–water partition coefficient (Wildman–Crippen LogP) is 3.60. The van der Waals surface area contributed by atoms with Gasteiger partial charge in [-0.25, -0.2) is 14.4 Å². The zero-order valence-corrected chi connectivity index (χ0v) is 10.3. The summed E-state index contributed by atoms with van der Waals surface area (Å²) in [5, 5.41) is 0.185. The highest BCUT2D eigenvalue weighted by atomic mass is 35.5. The minimum absolute atomic E-state index is 0.00110.